The standard InChI is InChI=1S/C18H18ClNS/c1-2-11-20-12-18(15-8-4-6-10-17(15)20)21-13-14-7-3-5-9-16(14)19/h3-10,12H,2,11,13H2,1H3. The van der Waals surface area contributed by atoms with Gasteiger partial charge in [0.2, 0.25) is 0 Å². The Hall–Kier alpha value is -1.38. The first-order valence-corrected chi connectivity index (χ1v) is 8.60. The van der Waals surface area contributed by atoms with Gasteiger partial charge in [0, 0.05) is 39.3 Å². The predicted octanol–water partition coefficient (Wildman–Crippen LogP) is 6.00. The number of hydrogen-bond acceptors (Lipinski definition) is 1. The average molecular weight is 316 g/mol. The van der Waals surface area contributed by atoms with Gasteiger partial charge in [0.15, 0.2) is 0 Å². The lowest BCUT2D eigenvalue weighted by Crippen LogP contribution is -1.93. The zero-order valence-corrected chi connectivity index (χ0v) is 13.6. The summed E-state index contributed by atoms with van der Waals surface area (Å²) in [6.07, 6.45) is 3.42. The number of aromatic nitrogens is 1. The van der Waals surface area contributed by atoms with Gasteiger partial charge in [-0.05, 0) is 24.1 Å². The van der Waals surface area contributed by atoms with Crippen molar-refractivity contribution >= 4 is 34.3 Å². The highest BCUT2D eigenvalue weighted by molar-refractivity contribution is 7.98. The Bertz CT molecular complexity index is 748. The minimum Gasteiger partial charge on any atom is -0.346 e. The molecule has 0 aliphatic heterocycles. The van der Waals surface area contributed by atoms with Crippen LogP contribution in [0.5, 0.6) is 0 Å². The second-order valence-electron chi connectivity index (χ2n) is 5.08. The Morgan fingerprint density at radius 3 is 2.62 bits per heavy atom. The minimum atomic E-state index is 0.849. The zero-order chi connectivity index (χ0) is 14.7. The third-order valence-electron chi connectivity index (χ3n) is 3.56. The van der Waals surface area contributed by atoms with Crippen LogP contribution >= 0.6 is 23.4 Å². The lowest BCUT2D eigenvalue weighted by Gasteiger charge is -2.03. The van der Waals surface area contributed by atoms with Crippen molar-refractivity contribution in [2.45, 2.75) is 30.5 Å². The van der Waals surface area contributed by atoms with Crippen LogP contribution in [0.2, 0.25) is 5.02 Å². The Labute approximate surface area is 134 Å². The molecule has 3 rings (SSSR count). The minimum absolute atomic E-state index is 0.849. The van der Waals surface area contributed by atoms with E-state index in [4.69, 9.17) is 11.6 Å². The molecule has 0 aliphatic rings. The van der Waals surface area contributed by atoms with Gasteiger partial charge in [0.05, 0.1) is 0 Å². The molecule has 0 atom stereocenters. The third-order valence-corrected chi connectivity index (χ3v) is 5.02. The van der Waals surface area contributed by atoms with Gasteiger partial charge in [0.25, 0.3) is 0 Å². The SMILES string of the molecule is CCCn1cc(SCc2ccccc2Cl)c2ccccc21. The molecule has 1 heterocycles. The van der Waals surface area contributed by atoms with Crippen LogP contribution in [0.15, 0.2) is 59.6 Å². The normalized spacial score (nSPS) is 11.1. The smallest absolute Gasteiger partial charge is 0.0491 e. The van der Waals surface area contributed by atoms with Crippen molar-refractivity contribution in [1.82, 2.24) is 4.57 Å². The molecule has 0 aliphatic carbocycles. The van der Waals surface area contributed by atoms with Crippen molar-refractivity contribution in [3.05, 3.63) is 65.3 Å². The quantitative estimate of drug-likeness (QED) is 0.523. The highest BCUT2D eigenvalue weighted by Gasteiger charge is 2.09. The first-order chi connectivity index (χ1) is 10.3. The number of aryl methyl sites for hydroxylation is 1. The summed E-state index contributed by atoms with van der Waals surface area (Å²) in [6, 6.07) is 16.7. The molecule has 2 aromatic carbocycles. The molecule has 0 radical (unpaired) electrons. The molecule has 3 aromatic rings. The largest absolute Gasteiger partial charge is 0.346 e. The van der Waals surface area contributed by atoms with Crippen LogP contribution in [0.1, 0.15) is 18.9 Å². The summed E-state index contributed by atoms with van der Waals surface area (Å²) in [5.74, 6) is 0.903. The van der Waals surface area contributed by atoms with Crippen molar-refractivity contribution in [2.24, 2.45) is 0 Å². The fourth-order valence-electron chi connectivity index (χ4n) is 2.52. The molecule has 3 heteroatoms. The van der Waals surface area contributed by atoms with E-state index in [1.54, 1.807) is 0 Å². The number of nitrogens with zero attached hydrogens (tertiary/aromatic N) is 1. The summed E-state index contributed by atoms with van der Waals surface area (Å²) >= 11 is 8.10. The predicted molar refractivity (Wildman–Crippen MR) is 93.2 cm³/mol. The van der Waals surface area contributed by atoms with Gasteiger partial charge in [-0.25, -0.2) is 0 Å². The van der Waals surface area contributed by atoms with E-state index in [9.17, 15) is 0 Å². The number of thioether (sulfide) groups is 1. The van der Waals surface area contributed by atoms with Gasteiger partial charge in [0.1, 0.15) is 0 Å². The van der Waals surface area contributed by atoms with E-state index in [2.05, 4.69) is 48.0 Å². The van der Waals surface area contributed by atoms with Crippen LogP contribution in [0.25, 0.3) is 10.9 Å². The molecule has 108 valence electrons. The number of hydrogen-bond donors (Lipinski definition) is 0. The van der Waals surface area contributed by atoms with E-state index in [1.807, 2.05) is 30.0 Å². The monoisotopic (exact) mass is 315 g/mol. The fourth-order valence-corrected chi connectivity index (χ4v) is 3.90. The Morgan fingerprint density at radius 1 is 1.05 bits per heavy atom. The van der Waals surface area contributed by atoms with Crippen LogP contribution in [0, 0.1) is 0 Å². The summed E-state index contributed by atoms with van der Waals surface area (Å²) in [5.41, 5.74) is 2.51. The van der Waals surface area contributed by atoms with E-state index in [0.717, 1.165) is 23.7 Å². The third kappa shape index (κ3) is 3.12. The Balaban J connectivity index is 1.89. The summed E-state index contributed by atoms with van der Waals surface area (Å²) in [7, 11) is 0. The maximum absolute atomic E-state index is 6.25. The van der Waals surface area contributed by atoms with Gasteiger partial charge < -0.3 is 4.57 Å². The van der Waals surface area contributed by atoms with Gasteiger partial charge in [-0.2, -0.15) is 0 Å². The number of rotatable bonds is 5. The van der Waals surface area contributed by atoms with Gasteiger partial charge in [-0.15, -0.1) is 11.8 Å². The van der Waals surface area contributed by atoms with Crippen molar-refractivity contribution in [3.63, 3.8) is 0 Å². The molecular formula is C18H18ClNS. The van der Waals surface area contributed by atoms with Crippen molar-refractivity contribution in [1.29, 1.82) is 0 Å². The molecule has 0 N–H and O–H groups in total. The molecule has 0 amide bonds. The summed E-state index contributed by atoms with van der Waals surface area (Å²) < 4.78 is 2.35. The van der Waals surface area contributed by atoms with E-state index in [1.165, 1.54) is 21.4 Å². The number of benzene rings is 2. The molecule has 0 unspecified atom stereocenters. The second-order valence-corrected chi connectivity index (χ2v) is 6.51. The van der Waals surface area contributed by atoms with Crippen LogP contribution < -0.4 is 0 Å². The Morgan fingerprint density at radius 2 is 1.81 bits per heavy atom. The topological polar surface area (TPSA) is 4.93 Å². The number of para-hydroxylation sites is 1. The van der Waals surface area contributed by atoms with E-state index < -0.39 is 0 Å². The molecule has 0 fully saturated rings. The number of halogens is 1. The molecule has 0 saturated heterocycles. The molecule has 21 heavy (non-hydrogen) atoms. The summed E-state index contributed by atoms with van der Waals surface area (Å²) in [4.78, 5) is 1.33. The lowest BCUT2D eigenvalue weighted by atomic mass is 10.2. The van der Waals surface area contributed by atoms with Crippen molar-refractivity contribution < 1.29 is 0 Å². The summed E-state index contributed by atoms with van der Waals surface area (Å²) in [5, 5.41) is 2.19. The lowest BCUT2D eigenvalue weighted by molar-refractivity contribution is 0.700. The highest BCUT2D eigenvalue weighted by Crippen LogP contribution is 2.33. The van der Waals surface area contributed by atoms with Crippen LogP contribution in [-0.2, 0) is 12.3 Å². The van der Waals surface area contributed by atoms with Crippen molar-refractivity contribution in [2.75, 3.05) is 0 Å². The maximum Gasteiger partial charge on any atom is 0.0491 e. The van der Waals surface area contributed by atoms with E-state index >= 15 is 0 Å². The average Bonchev–Trinajstić information content (AvgIpc) is 2.85. The highest BCUT2D eigenvalue weighted by atomic mass is 35.5. The van der Waals surface area contributed by atoms with Gasteiger partial charge in [-0.3, -0.25) is 0 Å². The van der Waals surface area contributed by atoms with Crippen molar-refractivity contribution in [3.8, 4) is 0 Å². The van der Waals surface area contributed by atoms with Crippen LogP contribution in [-0.4, -0.2) is 4.57 Å². The molecule has 0 bridgehead atoms. The van der Waals surface area contributed by atoms with Gasteiger partial charge >= 0.3 is 0 Å². The Kier molecular flexibility index (Phi) is 4.57. The first-order valence-electron chi connectivity index (χ1n) is 7.23. The van der Waals surface area contributed by atoms with Gasteiger partial charge in [-0.1, -0.05) is 54.9 Å². The zero-order valence-electron chi connectivity index (χ0n) is 12.1. The summed E-state index contributed by atoms with van der Waals surface area (Å²) in [6.45, 7) is 3.28. The second kappa shape index (κ2) is 6.59. The van der Waals surface area contributed by atoms with E-state index in [-0.39, 0.29) is 0 Å². The first kappa shape index (κ1) is 14.6. The van der Waals surface area contributed by atoms with E-state index in [0.29, 0.717) is 0 Å². The van der Waals surface area contributed by atoms with Crippen LogP contribution in [0.3, 0.4) is 0 Å². The molecule has 0 spiro atoms. The molecular weight excluding hydrogens is 298 g/mol. The van der Waals surface area contributed by atoms with Crippen LogP contribution in [0.4, 0.5) is 0 Å². The molecule has 1 aromatic heterocycles. The molecule has 1 nitrogen and oxygen atoms in total. The molecule has 0 saturated carbocycles. The number of fused-ring (bicyclic) bond motifs is 1. The fraction of sp³-hybridized carbons (Fsp3) is 0.222. The maximum atomic E-state index is 6.25.